The van der Waals surface area contributed by atoms with Crippen LogP contribution in [0.5, 0.6) is 0 Å². The molecule has 0 radical (unpaired) electrons. The van der Waals surface area contributed by atoms with Gasteiger partial charge in [-0.05, 0) is 34.7 Å². The van der Waals surface area contributed by atoms with Crippen molar-refractivity contribution in [1.82, 2.24) is 10.2 Å². The van der Waals surface area contributed by atoms with E-state index in [1.54, 1.807) is 7.05 Å². The van der Waals surface area contributed by atoms with Gasteiger partial charge in [-0.1, -0.05) is 0 Å². The first-order chi connectivity index (χ1) is 5.43. The van der Waals surface area contributed by atoms with Crippen LogP contribution in [0.15, 0.2) is 0 Å². The fourth-order valence-electron chi connectivity index (χ4n) is 1.27. The number of nitrogens with zero attached hydrogens (tertiary/aromatic N) is 1. The minimum Gasteiger partial charge on any atom is -0.337 e. The molecule has 0 aliphatic rings. The molecule has 1 N–H and O–H groups in total. The monoisotopic (exact) mass is 172 g/mol. The maximum absolute atomic E-state index is 11.5. The van der Waals surface area contributed by atoms with Gasteiger partial charge in [-0.3, -0.25) is 4.79 Å². The molecule has 0 atom stereocenters. The first-order valence-corrected chi connectivity index (χ1v) is 4.38. The highest BCUT2D eigenvalue weighted by molar-refractivity contribution is 5.78. The Morgan fingerprint density at radius 1 is 1.42 bits per heavy atom. The highest BCUT2D eigenvalue weighted by Crippen LogP contribution is 2.12. The summed E-state index contributed by atoms with van der Waals surface area (Å²) >= 11 is 0. The molecule has 0 unspecified atom stereocenters. The van der Waals surface area contributed by atoms with Crippen LogP contribution in [0.1, 0.15) is 27.7 Å². The summed E-state index contributed by atoms with van der Waals surface area (Å²) in [7, 11) is 1.79. The van der Waals surface area contributed by atoms with Gasteiger partial charge in [0, 0.05) is 12.1 Å². The van der Waals surface area contributed by atoms with E-state index in [4.69, 9.17) is 0 Å². The third-order valence-electron chi connectivity index (χ3n) is 1.76. The Morgan fingerprint density at radius 2 is 1.92 bits per heavy atom. The summed E-state index contributed by atoms with van der Waals surface area (Å²) in [6.07, 6.45) is 0. The van der Waals surface area contributed by atoms with Crippen LogP contribution in [0.25, 0.3) is 0 Å². The van der Waals surface area contributed by atoms with Gasteiger partial charge in [0.1, 0.15) is 0 Å². The fraction of sp³-hybridized carbons (Fsp3) is 0.889. The van der Waals surface area contributed by atoms with Crippen molar-refractivity contribution in [3.63, 3.8) is 0 Å². The molecule has 0 saturated heterocycles. The maximum atomic E-state index is 11.5. The lowest BCUT2D eigenvalue weighted by molar-refractivity contribution is -0.134. The van der Waals surface area contributed by atoms with Crippen LogP contribution in [0.2, 0.25) is 0 Å². The van der Waals surface area contributed by atoms with E-state index in [2.05, 4.69) is 5.32 Å². The van der Waals surface area contributed by atoms with Crippen molar-refractivity contribution in [3.8, 4) is 0 Å². The Balaban J connectivity index is 4.25. The van der Waals surface area contributed by atoms with E-state index >= 15 is 0 Å². The van der Waals surface area contributed by atoms with E-state index in [9.17, 15) is 4.79 Å². The van der Waals surface area contributed by atoms with Crippen LogP contribution in [-0.2, 0) is 4.79 Å². The Labute approximate surface area is 75.1 Å². The fourth-order valence-corrected chi connectivity index (χ4v) is 1.27. The second kappa shape index (κ2) is 4.45. The first-order valence-electron chi connectivity index (χ1n) is 4.38. The highest BCUT2D eigenvalue weighted by atomic mass is 16.2. The van der Waals surface area contributed by atoms with E-state index in [1.165, 1.54) is 0 Å². The predicted octanol–water partition coefficient (Wildman–Crippen LogP) is 0.853. The van der Waals surface area contributed by atoms with Crippen molar-refractivity contribution < 1.29 is 4.79 Å². The normalized spacial score (nSPS) is 11.4. The quantitative estimate of drug-likeness (QED) is 0.684. The molecule has 12 heavy (non-hydrogen) atoms. The molecule has 0 saturated carbocycles. The average molecular weight is 172 g/mol. The van der Waals surface area contributed by atoms with Gasteiger partial charge in [-0.15, -0.1) is 0 Å². The van der Waals surface area contributed by atoms with E-state index in [0.717, 1.165) is 6.54 Å². The molecular formula is C9H20N2O. The SMILES string of the molecule is CCN(C(=O)CNC)C(C)(C)C. The molecule has 72 valence electrons. The topological polar surface area (TPSA) is 32.3 Å². The van der Waals surface area contributed by atoms with Gasteiger partial charge in [-0.2, -0.15) is 0 Å². The van der Waals surface area contributed by atoms with Crippen molar-refractivity contribution in [2.75, 3.05) is 20.1 Å². The third kappa shape index (κ3) is 3.22. The third-order valence-corrected chi connectivity index (χ3v) is 1.76. The van der Waals surface area contributed by atoms with E-state index in [1.807, 2.05) is 32.6 Å². The lowest BCUT2D eigenvalue weighted by atomic mass is 10.1. The largest absolute Gasteiger partial charge is 0.337 e. The van der Waals surface area contributed by atoms with Gasteiger partial charge in [-0.25, -0.2) is 0 Å². The van der Waals surface area contributed by atoms with Crippen molar-refractivity contribution in [3.05, 3.63) is 0 Å². The summed E-state index contributed by atoms with van der Waals surface area (Å²) in [5, 5.41) is 2.86. The smallest absolute Gasteiger partial charge is 0.236 e. The van der Waals surface area contributed by atoms with E-state index in [0.29, 0.717) is 6.54 Å². The molecule has 0 bridgehead atoms. The van der Waals surface area contributed by atoms with Crippen LogP contribution >= 0.6 is 0 Å². The highest BCUT2D eigenvalue weighted by Gasteiger charge is 2.23. The minimum absolute atomic E-state index is 0.0668. The summed E-state index contributed by atoms with van der Waals surface area (Å²) in [4.78, 5) is 13.3. The summed E-state index contributed by atoms with van der Waals surface area (Å²) in [6, 6.07) is 0. The number of amides is 1. The molecule has 0 heterocycles. The van der Waals surface area contributed by atoms with Crippen molar-refractivity contribution >= 4 is 5.91 Å². The Morgan fingerprint density at radius 3 is 2.17 bits per heavy atom. The van der Waals surface area contributed by atoms with Gasteiger partial charge in [0.15, 0.2) is 0 Å². The van der Waals surface area contributed by atoms with Crippen molar-refractivity contribution in [2.45, 2.75) is 33.2 Å². The van der Waals surface area contributed by atoms with E-state index < -0.39 is 0 Å². The zero-order chi connectivity index (χ0) is 9.78. The van der Waals surface area contributed by atoms with E-state index in [-0.39, 0.29) is 11.4 Å². The molecule has 0 fully saturated rings. The molecule has 0 aliphatic heterocycles. The first kappa shape index (κ1) is 11.4. The number of hydrogen-bond acceptors (Lipinski definition) is 2. The molecular weight excluding hydrogens is 152 g/mol. The number of carbonyl (C=O) groups excluding carboxylic acids is 1. The maximum Gasteiger partial charge on any atom is 0.236 e. The summed E-state index contributed by atoms with van der Waals surface area (Å²) in [5.74, 6) is 0.160. The summed E-state index contributed by atoms with van der Waals surface area (Å²) in [6.45, 7) is 9.33. The zero-order valence-electron chi connectivity index (χ0n) is 8.77. The van der Waals surface area contributed by atoms with Crippen molar-refractivity contribution in [1.29, 1.82) is 0 Å². The number of hydrogen-bond donors (Lipinski definition) is 1. The lowest BCUT2D eigenvalue weighted by Crippen LogP contribution is -2.48. The second-order valence-corrected chi connectivity index (χ2v) is 3.84. The molecule has 3 heteroatoms. The number of nitrogens with one attached hydrogen (secondary N) is 1. The molecule has 0 rings (SSSR count). The number of likely N-dealkylation sites (N-methyl/N-ethyl adjacent to an activating group) is 2. The van der Waals surface area contributed by atoms with Crippen LogP contribution in [0.3, 0.4) is 0 Å². The molecule has 1 amide bonds. The van der Waals surface area contributed by atoms with Crippen LogP contribution < -0.4 is 5.32 Å². The Kier molecular flexibility index (Phi) is 4.24. The van der Waals surface area contributed by atoms with Crippen LogP contribution in [0, 0.1) is 0 Å². The molecule has 0 aromatic rings. The summed E-state index contributed by atoms with van der Waals surface area (Å²) < 4.78 is 0. The second-order valence-electron chi connectivity index (χ2n) is 3.84. The molecule has 0 aromatic carbocycles. The Hall–Kier alpha value is -0.570. The standard InChI is InChI=1S/C9H20N2O/c1-6-11(9(2,3)4)8(12)7-10-5/h10H,6-7H2,1-5H3. The van der Waals surface area contributed by atoms with Crippen LogP contribution in [-0.4, -0.2) is 36.5 Å². The zero-order valence-corrected chi connectivity index (χ0v) is 8.77. The molecule has 0 aliphatic carbocycles. The lowest BCUT2D eigenvalue weighted by Gasteiger charge is -2.34. The summed E-state index contributed by atoms with van der Waals surface area (Å²) in [5.41, 5.74) is -0.0668. The van der Waals surface area contributed by atoms with Gasteiger partial charge < -0.3 is 10.2 Å². The van der Waals surface area contributed by atoms with Gasteiger partial charge in [0.25, 0.3) is 0 Å². The van der Waals surface area contributed by atoms with Gasteiger partial charge >= 0.3 is 0 Å². The molecule has 3 nitrogen and oxygen atoms in total. The molecule has 0 aromatic heterocycles. The van der Waals surface area contributed by atoms with Gasteiger partial charge in [0.05, 0.1) is 6.54 Å². The van der Waals surface area contributed by atoms with Gasteiger partial charge in [0.2, 0.25) is 5.91 Å². The minimum atomic E-state index is -0.0668. The van der Waals surface area contributed by atoms with Crippen LogP contribution in [0.4, 0.5) is 0 Å². The van der Waals surface area contributed by atoms with Crippen molar-refractivity contribution in [2.24, 2.45) is 0 Å². The number of rotatable bonds is 3. The average Bonchev–Trinajstić information content (AvgIpc) is 1.85. The predicted molar refractivity (Wildman–Crippen MR) is 51.1 cm³/mol. The molecule has 0 spiro atoms. The number of carbonyl (C=O) groups is 1. The Bertz CT molecular complexity index is 149.